The smallest absolute Gasteiger partial charge is 0.0945 e. The van der Waals surface area contributed by atoms with Crippen molar-refractivity contribution >= 4 is 5.84 Å². The molecule has 0 fully saturated rings. The van der Waals surface area contributed by atoms with Gasteiger partial charge in [0, 0.05) is 11.8 Å². The van der Waals surface area contributed by atoms with E-state index in [2.05, 4.69) is 58.0 Å². The molecule has 19 heavy (non-hydrogen) atoms. The summed E-state index contributed by atoms with van der Waals surface area (Å²) < 4.78 is 0. The minimum atomic E-state index is 0.149. The van der Waals surface area contributed by atoms with Crippen LogP contribution in [0.5, 0.6) is 0 Å². The van der Waals surface area contributed by atoms with Crippen molar-refractivity contribution < 1.29 is 0 Å². The third-order valence-corrected chi connectivity index (χ3v) is 4.46. The Morgan fingerprint density at radius 3 is 2.42 bits per heavy atom. The first-order chi connectivity index (χ1) is 8.91. The summed E-state index contributed by atoms with van der Waals surface area (Å²) in [6.45, 7) is 8.66. The van der Waals surface area contributed by atoms with Crippen molar-refractivity contribution in [2.24, 2.45) is 23.5 Å². The Morgan fingerprint density at radius 1 is 1.16 bits per heavy atom. The average Bonchev–Trinajstić information content (AvgIpc) is 2.30. The van der Waals surface area contributed by atoms with E-state index >= 15 is 0 Å². The number of aryl methyl sites for hydroxylation is 2. The van der Waals surface area contributed by atoms with Crippen LogP contribution >= 0.6 is 0 Å². The summed E-state index contributed by atoms with van der Waals surface area (Å²) in [6, 6.07) is 6.63. The van der Waals surface area contributed by atoms with Crippen molar-refractivity contribution in [3.8, 4) is 0 Å². The molecule has 2 nitrogen and oxygen atoms in total. The lowest BCUT2D eigenvalue weighted by Gasteiger charge is -2.36. The Balaban J connectivity index is 2.40. The summed E-state index contributed by atoms with van der Waals surface area (Å²) >= 11 is 0. The van der Waals surface area contributed by atoms with Gasteiger partial charge in [-0.25, -0.2) is 0 Å². The van der Waals surface area contributed by atoms with E-state index in [0.717, 1.165) is 0 Å². The molecule has 4 atom stereocenters. The van der Waals surface area contributed by atoms with E-state index in [1.165, 1.54) is 16.7 Å². The maximum Gasteiger partial charge on any atom is 0.0945 e. The number of amidine groups is 1. The predicted molar refractivity (Wildman–Crippen MR) is 81.5 cm³/mol. The van der Waals surface area contributed by atoms with Crippen LogP contribution in [0, 0.1) is 37.0 Å². The number of nitrogens with two attached hydrogens (primary N) is 1. The number of hydrogen-bond acceptors (Lipinski definition) is 1. The standard InChI is InChI=1S/C17H24N2/c1-10-5-7-14(12(3)9-10)15-8-6-11(2)16(13(15)4)17(18)19/h5-9,11,13,15-16H,1-4H3,(H3,18,19). The Hall–Kier alpha value is -1.57. The maximum absolute atomic E-state index is 7.83. The molecule has 1 aromatic carbocycles. The van der Waals surface area contributed by atoms with Gasteiger partial charge in [-0.2, -0.15) is 0 Å². The zero-order valence-electron chi connectivity index (χ0n) is 12.3. The van der Waals surface area contributed by atoms with E-state index < -0.39 is 0 Å². The molecule has 0 amide bonds. The summed E-state index contributed by atoms with van der Waals surface area (Å²) in [4.78, 5) is 0. The molecule has 3 N–H and O–H groups in total. The second-order valence-electron chi connectivity index (χ2n) is 5.97. The lowest BCUT2D eigenvalue weighted by atomic mass is 9.68. The fourth-order valence-corrected chi connectivity index (χ4v) is 3.45. The van der Waals surface area contributed by atoms with E-state index in [-0.39, 0.29) is 5.92 Å². The van der Waals surface area contributed by atoms with Gasteiger partial charge in [0.1, 0.15) is 0 Å². The predicted octanol–water partition coefficient (Wildman–Crippen LogP) is 3.78. The molecule has 2 rings (SSSR count). The van der Waals surface area contributed by atoms with E-state index in [1.54, 1.807) is 0 Å². The summed E-state index contributed by atoms with van der Waals surface area (Å²) in [5, 5.41) is 7.83. The van der Waals surface area contributed by atoms with Crippen LogP contribution in [0.2, 0.25) is 0 Å². The van der Waals surface area contributed by atoms with Crippen molar-refractivity contribution in [1.29, 1.82) is 5.41 Å². The Morgan fingerprint density at radius 2 is 1.84 bits per heavy atom. The number of rotatable bonds is 2. The van der Waals surface area contributed by atoms with Gasteiger partial charge in [-0.3, -0.25) is 5.41 Å². The molecule has 0 aliphatic heterocycles. The molecule has 4 unspecified atom stereocenters. The topological polar surface area (TPSA) is 49.9 Å². The third-order valence-electron chi connectivity index (χ3n) is 4.46. The molecule has 0 radical (unpaired) electrons. The average molecular weight is 256 g/mol. The molecule has 1 aromatic rings. The summed E-state index contributed by atoms with van der Waals surface area (Å²) in [5.41, 5.74) is 9.80. The first-order valence-corrected chi connectivity index (χ1v) is 7.01. The monoisotopic (exact) mass is 256 g/mol. The van der Waals surface area contributed by atoms with Crippen molar-refractivity contribution in [1.82, 2.24) is 0 Å². The Labute approximate surface area is 116 Å². The van der Waals surface area contributed by atoms with Crippen LogP contribution in [-0.2, 0) is 0 Å². The van der Waals surface area contributed by atoms with Gasteiger partial charge in [-0.05, 0) is 36.8 Å². The molecule has 0 spiro atoms. The van der Waals surface area contributed by atoms with Crippen LogP contribution in [0.3, 0.4) is 0 Å². The highest BCUT2D eigenvalue weighted by atomic mass is 14.7. The molecule has 102 valence electrons. The van der Waals surface area contributed by atoms with Gasteiger partial charge < -0.3 is 5.73 Å². The summed E-state index contributed by atoms with van der Waals surface area (Å²) in [7, 11) is 0. The number of nitrogens with one attached hydrogen (secondary N) is 1. The van der Waals surface area contributed by atoms with Gasteiger partial charge >= 0.3 is 0 Å². The van der Waals surface area contributed by atoms with Gasteiger partial charge in [0.05, 0.1) is 5.84 Å². The minimum absolute atomic E-state index is 0.149. The van der Waals surface area contributed by atoms with Crippen LogP contribution < -0.4 is 5.73 Å². The first-order valence-electron chi connectivity index (χ1n) is 7.01. The van der Waals surface area contributed by atoms with Gasteiger partial charge in [-0.1, -0.05) is 49.8 Å². The molecule has 1 aliphatic rings. The lowest BCUT2D eigenvalue weighted by molar-refractivity contribution is 0.330. The molecule has 0 saturated heterocycles. The van der Waals surface area contributed by atoms with Gasteiger partial charge in [0.15, 0.2) is 0 Å². The van der Waals surface area contributed by atoms with Gasteiger partial charge in [0.2, 0.25) is 0 Å². The number of hydrogen-bond donors (Lipinski definition) is 2. The molecule has 2 heteroatoms. The third kappa shape index (κ3) is 2.58. The first kappa shape index (κ1) is 13.9. The molecule has 0 bridgehead atoms. The van der Waals surface area contributed by atoms with Crippen LogP contribution in [-0.4, -0.2) is 5.84 Å². The Bertz CT molecular complexity index is 516. The fourth-order valence-electron chi connectivity index (χ4n) is 3.45. The normalized spacial score (nSPS) is 30.3. The molecule has 0 saturated carbocycles. The Kier molecular flexibility index (Phi) is 3.79. The minimum Gasteiger partial charge on any atom is -0.387 e. The second kappa shape index (κ2) is 5.20. The van der Waals surface area contributed by atoms with Gasteiger partial charge in [-0.15, -0.1) is 0 Å². The SMILES string of the molecule is Cc1ccc(C2C=CC(C)C(C(=N)N)C2C)c(C)c1. The lowest BCUT2D eigenvalue weighted by Crippen LogP contribution is -2.37. The van der Waals surface area contributed by atoms with Crippen LogP contribution in [0.25, 0.3) is 0 Å². The van der Waals surface area contributed by atoms with E-state index in [0.29, 0.717) is 23.6 Å². The van der Waals surface area contributed by atoms with Crippen LogP contribution in [0.1, 0.15) is 36.5 Å². The fraction of sp³-hybridized carbons (Fsp3) is 0.471. The van der Waals surface area contributed by atoms with E-state index in [1.807, 2.05) is 0 Å². The molecule has 1 aliphatic carbocycles. The number of allylic oxidation sites excluding steroid dienone is 2. The molecular weight excluding hydrogens is 232 g/mol. The second-order valence-corrected chi connectivity index (χ2v) is 5.97. The largest absolute Gasteiger partial charge is 0.387 e. The van der Waals surface area contributed by atoms with E-state index in [4.69, 9.17) is 11.1 Å². The van der Waals surface area contributed by atoms with Crippen molar-refractivity contribution in [2.45, 2.75) is 33.6 Å². The summed E-state index contributed by atoms with van der Waals surface area (Å²) in [6.07, 6.45) is 4.52. The van der Waals surface area contributed by atoms with Crippen molar-refractivity contribution in [3.63, 3.8) is 0 Å². The molecular formula is C17H24N2. The van der Waals surface area contributed by atoms with E-state index in [9.17, 15) is 0 Å². The molecule has 0 aromatic heterocycles. The van der Waals surface area contributed by atoms with Gasteiger partial charge in [0.25, 0.3) is 0 Å². The van der Waals surface area contributed by atoms with Crippen LogP contribution in [0.4, 0.5) is 0 Å². The zero-order valence-corrected chi connectivity index (χ0v) is 12.3. The van der Waals surface area contributed by atoms with Crippen molar-refractivity contribution in [3.05, 3.63) is 47.0 Å². The quantitative estimate of drug-likeness (QED) is 0.472. The number of benzene rings is 1. The maximum atomic E-state index is 7.83. The molecule has 0 heterocycles. The zero-order chi connectivity index (χ0) is 14.2. The summed E-state index contributed by atoms with van der Waals surface area (Å²) in [5.74, 6) is 1.56. The highest BCUT2D eigenvalue weighted by molar-refractivity contribution is 5.80. The van der Waals surface area contributed by atoms with Crippen LogP contribution in [0.15, 0.2) is 30.4 Å². The highest BCUT2D eigenvalue weighted by Crippen LogP contribution is 2.40. The van der Waals surface area contributed by atoms with Crippen molar-refractivity contribution in [2.75, 3.05) is 0 Å². The highest BCUT2D eigenvalue weighted by Gasteiger charge is 2.34.